The summed E-state index contributed by atoms with van der Waals surface area (Å²) in [5.74, 6) is 4.48. The van der Waals surface area contributed by atoms with Crippen LogP contribution in [0.2, 0.25) is 0 Å². The summed E-state index contributed by atoms with van der Waals surface area (Å²) < 4.78 is 13.4. The first kappa shape index (κ1) is 39.0. The Labute approximate surface area is 296 Å². The van der Waals surface area contributed by atoms with Crippen molar-refractivity contribution >= 4 is 23.7 Å². The summed E-state index contributed by atoms with van der Waals surface area (Å²) in [6, 6.07) is 0. The second-order valence-corrected chi connectivity index (χ2v) is 16.4. The number of rotatable bonds is 28. The Bertz CT molecular complexity index is 1010. The monoisotopic (exact) mass is 685 g/mol. The average molecular weight is 686 g/mol. The van der Waals surface area contributed by atoms with Crippen LogP contribution in [-0.2, 0) is 25.6 Å². The van der Waals surface area contributed by atoms with E-state index in [1.165, 1.54) is 89.9 Å². The molecule has 4 saturated carbocycles. The normalized spacial score (nSPS) is 23.0. The van der Waals surface area contributed by atoms with Crippen LogP contribution in [0, 0.1) is 23.2 Å². The first-order valence-electron chi connectivity index (χ1n) is 19.8. The van der Waals surface area contributed by atoms with Crippen molar-refractivity contribution in [3.8, 4) is 0 Å². The average Bonchev–Trinajstić information content (AvgIpc) is 3.58. The summed E-state index contributed by atoms with van der Waals surface area (Å²) in [5.41, 5.74) is 0.281. The van der Waals surface area contributed by atoms with Crippen molar-refractivity contribution in [1.29, 1.82) is 0 Å². The number of unbranched alkanes of at least 4 members (excludes halogenated alkanes) is 9. The highest BCUT2D eigenvalue weighted by Crippen LogP contribution is 2.61. The number of ether oxygens (including phenoxy) is 2. The van der Waals surface area contributed by atoms with Gasteiger partial charge in [-0.25, -0.2) is 4.98 Å². The van der Waals surface area contributed by atoms with E-state index >= 15 is 0 Å². The molecule has 0 spiro atoms. The minimum absolute atomic E-state index is 0.0593. The number of aryl methyl sites for hydroxylation is 1. The zero-order chi connectivity index (χ0) is 33.7. The summed E-state index contributed by atoms with van der Waals surface area (Å²) >= 11 is 1.83. The van der Waals surface area contributed by atoms with E-state index in [0.29, 0.717) is 26.1 Å². The molecule has 0 atom stereocenters. The maximum Gasteiger partial charge on any atom is 0.307 e. The van der Waals surface area contributed by atoms with Gasteiger partial charge in [0.2, 0.25) is 0 Å². The molecule has 1 aromatic heterocycles. The van der Waals surface area contributed by atoms with Gasteiger partial charge in [-0.1, -0.05) is 64.0 Å². The van der Waals surface area contributed by atoms with Crippen LogP contribution in [-0.4, -0.2) is 70.7 Å². The third kappa shape index (κ3) is 15.4. The molecule has 8 heteroatoms. The van der Waals surface area contributed by atoms with Gasteiger partial charge in [-0.15, -0.1) is 0 Å². The van der Waals surface area contributed by atoms with Gasteiger partial charge >= 0.3 is 11.9 Å². The van der Waals surface area contributed by atoms with Gasteiger partial charge in [0.1, 0.15) is 6.61 Å². The van der Waals surface area contributed by atoms with E-state index in [1.807, 2.05) is 30.5 Å². The zero-order valence-corrected chi connectivity index (χ0v) is 31.1. The number of hydrogen-bond donors (Lipinski definition) is 0. The van der Waals surface area contributed by atoms with Crippen LogP contribution in [0.5, 0.6) is 0 Å². The molecule has 0 aliphatic heterocycles. The first-order chi connectivity index (χ1) is 23.5. The Morgan fingerprint density at radius 2 is 1.52 bits per heavy atom. The molecule has 0 N–H and O–H groups in total. The number of allylic oxidation sites excluding steroid dienone is 1. The van der Waals surface area contributed by atoms with Crippen LogP contribution in [0.3, 0.4) is 0 Å². The number of nitrogens with zero attached hydrogens (tertiary/aromatic N) is 3. The summed E-state index contributed by atoms with van der Waals surface area (Å²) in [7, 11) is 0. The number of esters is 2. The van der Waals surface area contributed by atoms with Gasteiger partial charge in [0.25, 0.3) is 0 Å². The Kier molecular flexibility index (Phi) is 18.5. The van der Waals surface area contributed by atoms with E-state index in [4.69, 9.17) is 9.47 Å². The van der Waals surface area contributed by atoms with Crippen molar-refractivity contribution in [3.05, 3.63) is 30.9 Å². The fourth-order valence-corrected chi connectivity index (χ4v) is 9.63. The highest BCUT2D eigenvalue weighted by Gasteiger charge is 2.51. The fraction of sp³-hybridized carbons (Fsp3) is 0.825. The largest absolute Gasteiger partial charge is 0.466 e. The first-order valence-corrected chi connectivity index (χ1v) is 20.9. The maximum atomic E-state index is 12.7. The van der Waals surface area contributed by atoms with Gasteiger partial charge in [0.15, 0.2) is 0 Å². The van der Waals surface area contributed by atoms with Crippen molar-refractivity contribution in [2.24, 2.45) is 23.2 Å². The summed E-state index contributed by atoms with van der Waals surface area (Å²) in [6.45, 7) is 7.01. The molecule has 4 bridgehead atoms. The fourth-order valence-electron chi connectivity index (χ4n) is 8.99. The lowest BCUT2D eigenvalue weighted by molar-refractivity contribution is -0.152. The lowest BCUT2D eigenvalue weighted by Gasteiger charge is -2.56. The Morgan fingerprint density at radius 3 is 2.25 bits per heavy atom. The van der Waals surface area contributed by atoms with Crippen LogP contribution in [0.1, 0.15) is 135 Å². The van der Waals surface area contributed by atoms with Crippen LogP contribution in [0.15, 0.2) is 30.9 Å². The topological polar surface area (TPSA) is 73.7 Å². The molecule has 4 fully saturated rings. The van der Waals surface area contributed by atoms with Gasteiger partial charge in [0, 0.05) is 37.0 Å². The molecular weight excluding hydrogens is 619 g/mol. The van der Waals surface area contributed by atoms with Gasteiger partial charge in [-0.05, 0) is 107 Å². The van der Waals surface area contributed by atoms with E-state index < -0.39 is 0 Å². The van der Waals surface area contributed by atoms with E-state index in [9.17, 15) is 9.59 Å². The molecule has 5 rings (SSSR count). The molecule has 0 saturated heterocycles. The number of aromatic nitrogens is 2. The lowest BCUT2D eigenvalue weighted by Crippen LogP contribution is -2.47. The predicted molar refractivity (Wildman–Crippen MR) is 198 cm³/mol. The summed E-state index contributed by atoms with van der Waals surface area (Å²) in [6.07, 6.45) is 33.7. The molecule has 7 nitrogen and oxygen atoms in total. The van der Waals surface area contributed by atoms with Crippen molar-refractivity contribution < 1.29 is 19.1 Å². The molecule has 4 aliphatic rings. The number of thioether (sulfide) groups is 1. The lowest BCUT2D eigenvalue weighted by atomic mass is 9.49. The van der Waals surface area contributed by atoms with Crippen molar-refractivity contribution in [2.45, 2.75) is 142 Å². The van der Waals surface area contributed by atoms with Crippen molar-refractivity contribution in [2.75, 3.05) is 44.4 Å². The van der Waals surface area contributed by atoms with E-state index in [-0.39, 0.29) is 17.4 Å². The molecule has 48 heavy (non-hydrogen) atoms. The van der Waals surface area contributed by atoms with Crippen LogP contribution >= 0.6 is 11.8 Å². The third-order valence-electron chi connectivity index (χ3n) is 11.0. The standard InChI is InChI=1S/C40H67N3O4S/c1-2-3-4-5-8-11-14-25-48-26-24-47-38(44)16-21-42(19-15-20-43-22-17-41-34-43)18-12-9-6-7-10-13-23-46-39(45)33-40-30-35-27-36(31-40)29-37(28-35)32-40/h11,14,17,22,34-37H,2-10,12-13,15-16,18-21,23-33H2,1H3/b14-11-. The molecule has 4 aliphatic carbocycles. The van der Waals surface area contributed by atoms with E-state index in [2.05, 4.69) is 33.5 Å². The van der Waals surface area contributed by atoms with E-state index in [0.717, 1.165) is 81.1 Å². The van der Waals surface area contributed by atoms with E-state index in [1.54, 1.807) is 0 Å². The van der Waals surface area contributed by atoms with Crippen LogP contribution in [0.25, 0.3) is 0 Å². The van der Waals surface area contributed by atoms with Gasteiger partial charge in [-0.3, -0.25) is 9.59 Å². The zero-order valence-electron chi connectivity index (χ0n) is 30.3. The van der Waals surface area contributed by atoms with Crippen LogP contribution < -0.4 is 0 Å². The highest BCUT2D eigenvalue weighted by atomic mass is 32.2. The number of hydrogen-bond acceptors (Lipinski definition) is 7. The number of carbonyl (C=O) groups is 2. The molecule has 0 radical (unpaired) electrons. The van der Waals surface area contributed by atoms with Crippen molar-refractivity contribution in [3.63, 3.8) is 0 Å². The second-order valence-electron chi connectivity index (χ2n) is 15.3. The van der Waals surface area contributed by atoms with Crippen LogP contribution in [0.4, 0.5) is 0 Å². The predicted octanol–water partition coefficient (Wildman–Crippen LogP) is 9.26. The Balaban J connectivity index is 0.999. The third-order valence-corrected chi connectivity index (χ3v) is 11.9. The van der Waals surface area contributed by atoms with Gasteiger partial charge in [0.05, 0.1) is 25.8 Å². The summed E-state index contributed by atoms with van der Waals surface area (Å²) in [4.78, 5) is 31.7. The number of imidazole rings is 1. The Morgan fingerprint density at radius 1 is 0.833 bits per heavy atom. The van der Waals surface area contributed by atoms with Crippen molar-refractivity contribution in [1.82, 2.24) is 14.5 Å². The molecule has 1 heterocycles. The minimum Gasteiger partial charge on any atom is -0.466 e. The van der Waals surface area contributed by atoms with Gasteiger partial charge < -0.3 is 18.9 Å². The number of carbonyl (C=O) groups excluding carboxylic acids is 2. The summed E-state index contributed by atoms with van der Waals surface area (Å²) in [5, 5.41) is 0. The molecule has 0 amide bonds. The quantitative estimate of drug-likeness (QED) is 0.0495. The second kappa shape index (κ2) is 22.8. The molecule has 0 aromatic carbocycles. The highest BCUT2D eigenvalue weighted by molar-refractivity contribution is 7.99. The van der Waals surface area contributed by atoms with Gasteiger partial charge in [-0.2, -0.15) is 11.8 Å². The smallest absolute Gasteiger partial charge is 0.307 e. The molecule has 272 valence electrons. The maximum absolute atomic E-state index is 12.7. The Hall–Kier alpha value is -1.80. The molecule has 0 unspecified atom stereocenters. The minimum atomic E-state index is -0.0830. The molecule has 1 aromatic rings. The SMILES string of the molecule is CCCCCC/C=C\CSCCOC(=O)CCN(CCCCCCCCOC(=O)CC12CC3CC(CC(C3)C1)C2)CCCn1ccnc1. The molecular formula is C40H67N3O4S.